The Hall–Kier alpha value is -1.59. The van der Waals surface area contributed by atoms with E-state index in [1.165, 1.54) is 11.3 Å². The summed E-state index contributed by atoms with van der Waals surface area (Å²) in [7, 11) is 0. The number of furan rings is 1. The van der Waals surface area contributed by atoms with Gasteiger partial charge in [0.2, 0.25) is 0 Å². The third-order valence-corrected chi connectivity index (χ3v) is 4.07. The summed E-state index contributed by atoms with van der Waals surface area (Å²) in [5.74, 6) is 1.08. The summed E-state index contributed by atoms with van der Waals surface area (Å²) in [6.45, 7) is 5.69. The molecule has 0 spiro atoms. The molecule has 5 heteroatoms. The van der Waals surface area contributed by atoms with Gasteiger partial charge in [0.05, 0.1) is 5.56 Å². The zero-order valence-corrected chi connectivity index (χ0v) is 12.0. The van der Waals surface area contributed by atoms with Crippen LogP contribution in [-0.4, -0.2) is 17.6 Å². The molecule has 0 aliphatic carbocycles. The number of hydrogen-bond acceptors (Lipinski definition) is 4. The number of aliphatic hydroxyl groups is 1. The fourth-order valence-electron chi connectivity index (χ4n) is 1.96. The van der Waals surface area contributed by atoms with Gasteiger partial charge >= 0.3 is 0 Å². The summed E-state index contributed by atoms with van der Waals surface area (Å²) in [5, 5.41) is 14.7. The van der Waals surface area contributed by atoms with Crippen LogP contribution in [0.15, 0.2) is 21.9 Å². The number of rotatable bonds is 4. The van der Waals surface area contributed by atoms with Gasteiger partial charge in [0.15, 0.2) is 0 Å². The summed E-state index contributed by atoms with van der Waals surface area (Å²) < 4.78 is 5.31. The van der Waals surface area contributed by atoms with Crippen LogP contribution in [0.3, 0.4) is 0 Å². The normalized spacial score (nSPS) is 12.4. The minimum atomic E-state index is -0.669. The van der Waals surface area contributed by atoms with Crippen molar-refractivity contribution < 1.29 is 14.3 Å². The second-order valence-corrected chi connectivity index (χ2v) is 5.47. The van der Waals surface area contributed by atoms with Crippen LogP contribution in [0.4, 0.5) is 0 Å². The van der Waals surface area contributed by atoms with Crippen molar-refractivity contribution >= 4 is 17.2 Å². The van der Waals surface area contributed by atoms with Crippen LogP contribution in [0.25, 0.3) is 0 Å². The highest BCUT2D eigenvalue weighted by Gasteiger charge is 2.16. The average molecular weight is 279 g/mol. The molecule has 0 saturated heterocycles. The number of thiophene rings is 1. The molecule has 1 amide bonds. The standard InChI is InChI=1S/C14H17NO3S/c1-8-4-5-19-13(8)12(16)7-15-14(17)11-6-9(2)18-10(11)3/h4-6,12,16H,7H2,1-3H3,(H,15,17). The lowest BCUT2D eigenvalue weighted by molar-refractivity contribution is 0.0916. The van der Waals surface area contributed by atoms with E-state index in [9.17, 15) is 9.90 Å². The van der Waals surface area contributed by atoms with Crippen LogP contribution in [0, 0.1) is 20.8 Å². The van der Waals surface area contributed by atoms with E-state index >= 15 is 0 Å². The van der Waals surface area contributed by atoms with Crippen molar-refractivity contribution in [3.05, 3.63) is 45.0 Å². The minimum Gasteiger partial charge on any atom is -0.466 e. The molecule has 2 N–H and O–H groups in total. The molecule has 0 radical (unpaired) electrons. The zero-order valence-electron chi connectivity index (χ0n) is 11.2. The molecule has 0 fully saturated rings. The van der Waals surface area contributed by atoms with Crippen LogP contribution >= 0.6 is 11.3 Å². The second kappa shape index (κ2) is 5.59. The summed E-state index contributed by atoms with van der Waals surface area (Å²) >= 11 is 1.49. The van der Waals surface area contributed by atoms with Gasteiger partial charge < -0.3 is 14.8 Å². The highest BCUT2D eigenvalue weighted by molar-refractivity contribution is 7.10. The molecule has 2 rings (SSSR count). The van der Waals surface area contributed by atoms with Gasteiger partial charge in [-0.3, -0.25) is 4.79 Å². The largest absolute Gasteiger partial charge is 0.466 e. The molecule has 2 aromatic heterocycles. The molecule has 4 nitrogen and oxygen atoms in total. The molecule has 19 heavy (non-hydrogen) atoms. The van der Waals surface area contributed by atoms with E-state index in [1.54, 1.807) is 19.9 Å². The van der Waals surface area contributed by atoms with Crippen molar-refractivity contribution in [1.82, 2.24) is 5.32 Å². The monoisotopic (exact) mass is 279 g/mol. The third kappa shape index (κ3) is 3.05. The van der Waals surface area contributed by atoms with Crippen molar-refractivity contribution in [2.45, 2.75) is 26.9 Å². The number of carbonyl (C=O) groups excluding carboxylic acids is 1. The number of carbonyl (C=O) groups is 1. The van der Waals surface area contributed by atoms with E-state index in [-0.39, 0.29) is 12.5 Å². The summed E-state index contributed by atoms with van der Waals surface area (Å²) in [6, 6.07) is 3.65. The number of aryl methyl sites for hydroxylation is 3. The van der Waals surface area contributed by atoms with Crippen molar-refractivity contribution in [3.63, 3.8) is 0 Å². The molecular formula is C14H17NO3S. The summed E-state index contributed by atoms with van der Waals surface area (Å²) in [5.41, 5.74) is 1.56. The third-order valence-electron chi connectivity index (χ3n) is 2.95. The number of hydrogen-bond donors (Lipinski definition) is 2. The molecular weight excluding hydrogens is 262 g/mol. The molecule has 1 atom stereocenters. The first-order valence-corrected chi connectivity index (χ1v) is 6.94. The molecule has 1 unspecified atom stereocenters. The molecule has 2 heterocycles. The highest BCUT2D eigenvalue weighted by atomic mass is 32.1. The molecule has 2 aromatic rings. The van der Waals surface area contributed by atoms with Gasteiger partial charge in [0.1, 0.15) is 17.6 Å². The van der Waals surface area contributed by atoms with Gasteiger partial charge in [0, 0.05) is 11.4 Å². The van der Waals surface area contributed by atoms with Crippen LogP contribution in [0.2, 0.25) is 0 Å². The Kier molecular flexibility index (Phi) is 4.07. The highest BCUT2D eigenvalue weighted by Crippen LogP contribution is 2.23. The second-order valence-electron chi connectivity index (χ2n) is 4.52. The van der Waals surface area contributed by atoms with Crippen molar-refractivity contribution in [2.75, 3.05) is 6.54 Å². The Bertz CT molecular complexity index is 585. The Labute approximate surface area is 116 Å². The smallest absolute Gasteiger partial charge is 0.254 e. The van der Waals surface area contributed by atoms with Crippen molar-refractivity contribution in [2.24, 2.45) is 0 Å². The Morgan fingerprint density at radius 1 is 1.47 bits per heavy atom. The van der Waals surface area contributed by atoms with Gasteiger partial charge in [-0.2, -0.15) is 0 Å². The lowest BCUT2D eigenvalue weighted by Gasteiger charge is -2.11. The van der Waals surface area contributed by atoms with Crippen LogP contribution in [-0.2, 0) is 0 Å². The first kappa shape index (κ1) is 13.8. The van der Waals surface area contributed by atoms with Crippen LogP contribution < -0.4 is 5.32 Å². The van der Waals surface area contributed by atoms with Crippen molar-refractivity contribution in [3.8, 4) is 0 Å². The lowest BCUT2D eigenvalue weighted by atomic mass is 10.2. The number of amides is 1. The van der Waals surface area contributed by atoms with Gasteiger partial charge in [0.25, 0.3) is 5.91 Å². The summed E-state index contributed by atoms with van der Waals surface area (Å²) in [4.78, 5) is 12.8. The zero-order chi connectivity index (χ0) is 14.0. The average Bonchev–Trinajstić information content (AvgIpc) is 2.91. The molecule has 102 valence electrons. The van der Waals surface area contributed by atoms with E-state index < -0.39 is 6.10 Å². The van der Waals surface area contributed by atoms with Gasteiger partial charge in [-0.15, -0.1) is 11.3 Å². The van der Waals surface area contributed by atoms with E-state index in [0.717, 1.165) is 10.4 Å². The van der Waals surface area contributed by atoms with E-state index in [4.69, 9.17) is 4.42 Å². The van der Waals surface area contributed by atoms with Crippen LogP contribution in [0.1, 0.15) is 38.4 Å². The van der Waals surface area contributed by atoms with Gasteiger partial charge in [-0.25, -0.2) is 0 Å². The Balaban J connectivity index is 1.98. The SMILES string of the molecule is Cc1cc(C(=O)NCC(O)c2sccc2C)c(C)o1. The maximum atomic E-state index is 12.0. The molecule has 0 aliphatic rings. The van der Waals surface area contributed by atoms with Gasteiger partial charge in [-0.1, -0.05) is 0 Å². The molecule has 0 saturated carbocycles. The molecule has 0 bridgehead atoms. The number of aliphatic hydroxyl groups excluding tert-OH is 1. The Morgan fingerprint density at radius 2 is 2.21 bits per heavy atom. The fraction of sp³-hybridized carbons (Fsp3) is 0.357. The Morgan fingerprint density at radius 3 is 2.74 bits per heavy atom. The maximum Gasteiger partial charge on any atom is 0.254 e. The minimum absolute atomic E-state index is 0.198. The van der Waals surface area contributed by atoms with Gasteiger partial charge in [-0.05, 0) is 43.8 Å². The van der Waals surface area contributed by atoms with E-state index in [0.29, 0.717) is 17.1 Å². The van der Waals surface area contributed by atoms with E-state index in [2.05, 4.69) is 5.32 Å². The number of nitrogens with one attached hydrogen (secondary N) is 1. The fourth-order valence-corrected chi connectivity index (χ4v) is 2.87. The lowest BCUT2D eigenvalue weighted by Crippen LogP contribution is -2.28. The predicted molar refractivity (Wildman–Crippen MR) is 74.5 cm³/mol. The molecule has 0 aromatic carbocycles. The summed E-state index contributed by atoms with van der Waals surface area (Å²) in [6.07, 6.45) is -0.669. The van der Waals surface area contributed by atoms with E-state index in [1.807, 2.05) is 18.4 Å². The first-order chi connectivity index (χ1) is 8.99. The van der Waals surface area contributed by atoms with Crippen molar-refractivity contribution in [1.29, 1.82) is 0 Å². The molecule has 0 aliphatic heterocycles. The predicted octanol–water partition coefficient (Wildman–Crippen LogP) is 2.73. The van der Waals surface area contributed by atoms with Crippen LogP contribution in [0.5, 0.6) is 0 Å². The first-order valence-electron chi connectivity index (χ1n) is 6.06. The maximum absolute atomic E-state index is 12.0. The topological polar surface area (TPSA) is 62.5 Å². The quantitative estimate of drug-likeness (QED) is 0.904.